The highest BCUT2D eigenvalue weighted by molar-refractivity contribution is 5.27. The third-order valence-electron chi connectivity index (χ3n) is 4.26. The lowest BCUT2D eigenvalue weighted by Gasteiger charge is -2.24. The first-order valence-electron chi connectivity index (χ1n) is 7.61. The van der Waals surface area contributed by atoms with Crippen molar-refractivity contribution in [2.45, 2.75) is 38.8 Å². The number of hydrogen-bond acceptors (Lipinski definition) is 1. The first-order valence-corrected chi connectivity index (χ1v) is 7.61. The van der Waals surface area contributed by atoms with Gasteiger partial charge in [-0.2, -0.15) is 0 Å². The molecule has 0 amide bonds. The summed E-state index contributed by atoms with van der Waals surface area (Å²) in [5.41, 5.74) is 4.13. The van der Waals surface area contributed by atoms with E-state index >= 15 is 0 Å². The van der Waals surface area contributed by atoms with Crippen molar-refractivity contribution in [2.75, 3.05) is 0 Å². The van der Waals surface area contributed by atoms with Crippen LogP contribution in [-0.2, 0) is 0 Å². The second-order valence-corrected chi connectivity index (χ2v) is 6.02. The molecule has 1 unspecified atom stereocenters. The Morgan fingerprint density at radius 1 is 0.900 bits per heavy atom. The summed E-state index contributed by atoms with van der Waals surface area (Å²) < 4.78 is 0. The van der Waals surface area contributed by atoms with E-state index in [9.17, 15) is 0 Å². The van der Waals surface area contributed by atoms with Crippen molar-refractivity contribution in [2.24, 2.45) is 5.92 Å². The van der Waals surface area contributed by atoms with Crippen LogP contribution >= 0.6 is 0 Å². The monoisotopic (exact) mass is 265 g/mol. The molecule has 0 radical (unpaired) electrons. The summed E-state index contributed by atoms with van der Waals surface area (Å²) in [4.78, 5) is 0. The molecule has 2 aromatic rings. The molecule has 3 rings (SSSR count). The Kier molecular flexibility index (Phi) is 3.88. The topological polar surface area (TPSA) is 12.0 Å². The normalized spacial score (nSPS) is 17.7. The average molecular weight is 265 g/mol. The maximum absolute atomic E-state index is 3.83. The molecule has 2 atom stereocenters. The quantitative estimate of drug-likeness (QED) is 0.819. The lowest BCUT2D eigenvalue weighted by atomic mass is 9.98. The maximum Gasteiger partial charge on any atom is 0.0353 e. The van der Waals surface area contributed by atoms with E-state index in [1.807, 2.05) is 0 Å². The fourth-order valence-electron chi connectivity index (χ4n) is 2.82. The third-order valence-corrected chi connectivity index (χ3v) is 4.26. The van der Waals surface area contributed by atoms with Crippen molar-refractivity contribution in [1.82, 2.24) is 5.32 Å². The van der Waals surface area contributed by atoms with Crippen LogP contribution in [0.1, 0.15) is 48.5 Å². The zero-order valence-corrected chi connectivity index (χ0v) is 12.3. The molecule has 0 heterocycles. The van der Waals surface area contributed by atoms with Gasteiger partial charge >= 0.3 is 0 Å². The summed E-state index contributed by atoms with van der Waals surface area (Å²) in [5, 5.41) is 3.83. The van der Waals surface area contributed by atoms with E-state index in [2.05, 4.69) is 73.8 Å². The molecule has 1 aliphatic rings. The molecule has 1 nitrogen and oxygen atoms in total. The van der Waals surface area contributed by atoms with Crippen molar-refractivity contribution in [3.63, 3.8) is 0 Å². The smallest absolute Gasteiger partial charge is 0.0353 e. The lowest BCUT2D eigenvalue weighted by molar-refractivity contribution is 0.427. The summed E-state index contributed by atoms with van der Waals surface area (Å²) in [6.07, 6.45) is 2.71. The van der Waals surface area contributed by atoms with Gasteiger partial charge in [-0.3, -0.25) is 0 Å². The molecule has 1 saturated carbocycles. The molecule has 0 spiro atoms. The van der Waals surface area contributed by atoms with Crippen LogP contribution in [0.3, 0.4) is 0 Å². The molecule has 0 saturated heterocycles. The van der Waals surface area contributed by atoms with E-state index in [4.69, 9.17) is 0 Å². The molecule has 0 aliphatic heterocycles. The van der Waals surface area contributed by atoms with Crippen LogP contribution < -0.4 is 5.32 Å². The van der Waals surface area contributed by atoms with E-state index in [1.54, 1.807) is 0 Å². The van der Waals surface area contributed by atoms with Crippen molar-refractivity contribution in [3.8, 4) is 0 Å². The Balaban J connectivity index is 1.76. The van der Waals surface area contributed by atoms with Gasteiger partial charge in [0.15, 0.2) is 0 Å². The van der Waals surface area contributed by atoms with Crippen LogP contribution in [-0.4, -0.2) is 0 Å². The van der Waals surface area contributed by atoms with Crippen LogP contribution in [0.5, 0.6) is 0 Å². The van der Waals surface area contributed by atoms with Crippen molar-refractivity contribution in [1.29, 1.82) is 0 Å². The minimum absolute atomic E-state index is 0.392. The van der Waals surface area contributed by atoms with Crippen LogP contribution in [0.4, 0.5) is 0 Å². The molecule has 104 valence electrons. The van der Waals surface area contributed by atoms with Gasteiger partial charge in [0.2, 0.25) is 0 Å². The predicted octanol–water partition coefficient (Wildman–Crippen LogP) is 4.80. The van der Waals surface area contributed by atoms with E-state index in [0.29, 0.717) is 12.1 Å². The van der Waals surface area contributed by atoms with E-state index in [1.165, 1.54) is 29.5 Å². The molecule has 1 aliphatic carbocycles. The van der Waals surface area contributed by atoms with Crippen molar-refractivity contribution in [3.05, 3.63) is 71.3 Å². The molecule has 1 N–H and O–H groups in total. The Labute approximate surface area is 122 Å². The summed E-state index contributed by atoms with van der Waals surface area (Å²) in [5.74, 6) is 0.809. The SMILES string of the molecule is Cc1ccc(C(N[C@H](C)c2ccccc2)C2CC2)cc1. The summed E-state index contributed by atoms with van der Waals surface area (Å²) >= 11 is 0. The van der Waals surface area contributed by atoms with Crippen LogP contribution in [0.15, 0.2) is 54.6 Å². The first-order chi connectivity index (χ1) is 9.74. The highest BCUT2D eigenvalue weighted by Gasteiger charge is 2.33. The first kappa shape index (κ1) is 13.4. The molecule has 20 heavy (non-hydrogen) atoms. The Bertz CT molecular complexity index is 540. The van der Waals surface area contributed by atoms with Crippen LogP contribution in [0, 0.1) is 12.8 Å². The Morgan fingerprint density at radius 3 is 2.15 bits per heavy atom. The zero-order valence-electron chi connectivity index (χ0n) is 12.3. The van der Waals surface area contributed by atoms with Gasteiger partial charge in [0.05, 0.1) is 0 Å². The fourth-order valence-corrected chi connectivity index (χ4v) is 2.82. The van der Waals surface area contributed by atoms with Gasteiger partial charge in [0.25, 0.3) is 0 Å². The number of rotatable bonds is 5. The maximum atomic E-state index is 3.83. The second kappa shape index (κ2) is 5.80. The van der Waals surface area contributed by atoms with Gasteiger partial charge in [0, 0.05) is 12.1 Å². The van der Waals surface area contributed by atoms with Crippen LogP contribution in [0.2, 0.25) is 0 Å². The van der Waals surface area contributed by atoms with E-state index in [0.717, 1.165) is 5.92 Å². The highest BCUT2D eigenvalue weighted by Crippen LogP contribution is 2.42. The third kappa shape index (κ3) is 3.10. The highest BCUT2D eigenvalue weighted by atomic mass is 15.0. The van der Waals surface area contributed by atoms with Crippen LogP contribution in [0.25, 0.3) is 0 Å². The molecule has 1 fully saturated rings. The Hall–Kier alpha value is -1.60. The summed E-state index contributed by atoms with van der Waals surface area (Å²) in [7, 11) is 0. The van der Waals surface area contributed by atoms with Gasteiger partial charge in [-0.1, -0.05) is 60.2 Å². The minimum Gasteiger partial charge on any atom is -0.303 e. The van der Waals surface area contributed by atoms with Gasteiger partial charge in [-0.05, 0) is 43.7 Å². The van der Waals surface area contributed by atoms with Crippen molar-refractivity contribution < 1.29 is 0 Å². The fraction of sp³-hybridized carbons (Fsp3) is 0.368. The molecular formula is C19H23N. The molecule has 0 bridgehead atoms. The Morgan fingerprint density at radius 2 is 1.55 bits per heavy atom. The predicted molar refractivity (Wildman–Crippen MR) is 84.6 cm³/mol. The number of nitrogens with one attached hydrogen (secondary N) is 1. The van der Waals surface area contributed by atoms with Crippen molar-refractivity contribution >= 4 is 0 Å². The standard InChI is InChI=1S/C19H23N/c1-14-8-10-17(11-9-14)19(18-12-13-18)20-15(2)16-6-4-3-5-7-16/h3-11,15,18-20H,12-13H2,1-2H3/t15-,19?/m1/s1. The van der Waals surface area contributed by atoms with Gasteiger partial charge in [-0.25, -0.2) is 0 Å². The van der Waals surface area contributed by atoms with Gasteiger partial charge in [-0.15, -0.1) is 0 Å². The molecular weight excluding hydrogens is 242 g/mol. The molecule has 1 heteroatoms. The number of aryl methyl sites for hydroxylation is 1. The zero-order chi connectivity index (χ0) is 13.9. The second-order valence-electron chi connectivity index (χ2n) is 6.02. The summed E-state index contributed by atoms with van der Waals surface area (Å²) in [6.45, 7) is 4.41. The van der Waals surface area contributed by atoms with E-state index < -0.39 is 0 Å². The summed E-state index contributed by atoms with van der Waals surface area (Å²) in [6, 6.07) is 20.6. The van der Waals surface area contributed by atoms with Gasteiger partial charge < -0.3 is 5.32 Å². The number of benzene rings is 2. The average Bonchev–Trinajstić information content (AvgIpc) is 3.31. The lowest BCUT2D eigenvalue weighted by Crippen LogP contribution is -2.26. The van der Waals surface area contributed by atoms with E-state index in [-0.39, 0.29) is 0 Å². The largest absolute Gasteiger partial charge is 0.303 e. The van der Waals surface area contributed by atoms with Gasteiger partial charge in [0.1, 0.15) is 0 Å². The minimum atomic E-state index is 0.392. The molecule has 2 aromatic carbocycles. The number of hydrogen-bond donors (Lipinski definition) is 1. The molecule has 0 aromatic heterocycles.